The second kappa shape index (κ2) is 8.44. The number of nitro groups is 1. The van der Waals surface area contributed by atoms with Gasteiger partial charge in [0.15, 0.2) is 6.10 Å². The number of hydroxylamine groups is 1. The van der Waals surface area contributed by atoms with E-state index >= 15 is 0 Å². The molecule has 172 valence electrons. The van der Waals surface area contributed by atoms with Gasteiger partial charge in [0.2, 0.25) is 5.91 Å². The number of imide groups is 1. The van der Waals surface area contributed by atoms with Crippen LogP contribution in [0, 0.1) is 16.0 Å². The van der Waals surface area contributed by atoms with Crippen LogP contribution in [0.25, 0.3) is 0 Å². The van der Waals surface area contributed by atoms with Crippen molar-refractivity contribution in [3.05, 3.63) is 93.5 Å². The average molecular weight is 480 g/mol. The average Bonchev–Trinajstić information content (AvgIpc) is 3.35. The highest BCUT2D eigenvalue weighted by atomic mass is 35.5. The normalized spacial score (nSPS) is 21.6. The molecule has 34 heavy (non-hydrogen) atoms. The van der Waals surface area contributed by atoms with Crippen molar-refractivity contribution in [1.82, 2.24) is 0 Å². The largest absolute Gasteiger partial charge is 0.495 e. The Bertz CT molecular complexity index is 1300. The van der Waals surface area contributed by atoms with Gasteiger partial charge in [0, 0.05) is 17.2 Å². The molecule has 3 atom stereocenters. The highest BCUT2D eigenvalue weighted by Gasteiger charge is 2.60. The summed E-state index contributed by atoms with van der Waals surface area (Å²) in [6.45, 7) is 0. The Balaban J connectivity index is 1.62. The predicted molar refractivity (Wildman–Crippen MR) is 124 cm³/mol. The molecule has 2 aliphatic heterocycles. The van der Waals surface area contributed by atoms with E-state index in [1.807, 2.05) is 0 Å². The second-order valence-corrected chi connectivity index (χ2v) is 8.27. The van der Waals surface area contributed by atoms with Crippen LogP contribution in [0.1, 0.15) is 11.6 Å². The molecule has 0 N–H and O–H groups in total. The molecule has 10 heteroatoms. The molecule has 0 aliphatic carbocycles. The first-order valence-electron chi connectivity index (χ1n) is 10.4. The molecule has 3 aromatic rings. The van der Waals surface area contributed by atoms with E-state index in [0.717, 1.165) is 4.90 Å². The van der Waals surface area contributed by atoms with Crippen LogP contribution in [0.5, 0.6) is 5.75 Å². The zero-order valence-electron chi connectivity index (χ0n) is 17.8. The van der Waals surface area contributed by atoms with Gasteiger partial charge in [0.25, 0.3) is 11.6 Å². The lowest BCUT2D eigenvalue weighted by Gasteiger charge is -2.29. The maximum atomic E-state index is 13.7. The SMILES string of the molecule is COc1ccccc1N1C(=O)C2ON(c3ccc(Cl)cc3)C(c3cccc([N+](=O)[O-])c3)C2C1=O. The molecule has 2 saturated heterocycles. The highest BCUT2D eigenvalue weighted by molar-refractivity contribution is 6.30. The van der Waals surface area contributed by atoms with Crippen molar-refractivity contribution in [1.29, 1.82) is 0 Å². The fourth-order valence-electron chi connectivity index (χ4n) is 4.44. The number of non-ortho nitro benzene ring substituents is 1. The molecule has 9 nitrogen and oxygen atoms in total. The van der Waals surface area contributed by atoms with Crippen molar-refractivity contribution in [2.24, 2.45) is 5.92 Å². The summed E-state index contributed by atoms with van der Waals surface area (Å²) in [6, 6.07) is 18.6. The van der Waals surface area contributed by atoms with Crippen LogP contribution in [-0.2, 0) is 14.4 Å². The van der Waals surface area contributed by atoms with E-state index in [2.05, 4.69) is 0 Å². The molecule has 0 radical (unpaired) electrons. The van der Waals surface area contributed by atoms with Crippen molar-refractivity contribution in [2.45, 2.75) is 12.1 Å². The van der Waals surface area contributed by atoms with E-state index in [0.29, 0.717) is 27.7 Å². The minimum atomic E-state index is -1.11. The predicted octanol–water partition coefficient (Wildman–Crippen LogP) is 4.31. The number of carbonyl (C=O) groups is 2. The van der Waals surface area contributed by atoms with E-state index in [1.54, 1.807) is 60.7 Å². The topological polar surface area (TPSA) is 102 Å². The molecule has 2 aliphatic rings. The summed E-state index contributed by atoms with van der Waals surface area (Å²) < 4.78 is 5.35. The third kappa shape index (κ3) is 3.46. The van der Waals surface area contributed by atoms with Gasteiger partial charge >= 0.3 is 0 Å². The Morgan fingerprint density at radius 2 is 1.74 bits per heavy atom. The number of carbonyl (C=O) groups excluding carboxylic acids is 2. The Hall–Kier alpha value is -3.95. The number of ether oxygens (including phenoxy) is 1. The van der Waals surface area contributed by atoms with Gasteiger partial charge in [0.1, 0.15) is 11.7 Å². The highest BCUT2D eigenvalue weighted by Crippen LogP contribution is 2.49. The molecule has 3 aromatic carbocycles. The molecule has 2 heterocycles. The van der Waals surface area contributed by atoms with Gasteiger partial charge < -0.3 is 4.74 Å². The smallest absolute Gasteiger partial charge is 0.269 e. The van der Waals surface area contributed by atoms with Crippen molar-refractivity contribution in [3.63, 3.8) is 0 Å². The number of methoxy groups -OCH3 is 1. The van der Waals surface area contributed by atoms with Gasteiger partial charge in [-0.1, -0.05) is 35.9 Å². The first kappa shape index (κ1) is 21.9. The van der Waals surface area contributed by atoms with Crippen LogP contribution < -0.4 is 14.7 Å². The molecule has 0 spiro atoms. The second-order valence-electron chi connectivity index (χ2n) is 7.83. The Morgan fingerprint density at radius 1 is 1.00 bits per heavy atom. The van der Waals surface area contributed by atoms with Crippen LogP contribution >= 0.6 is 11.6 Å². The number of rotatable bonds is 5. The van der Waals surface area contributed by atoms with Gasteiger partial charge in [-0.25, -0.2) is 9.96 Å². The fourth-order valence-corrected chi connectivity index (χ4v) is 4.57. The molecule has 5 rings (SSSR count). The number of nitrogens with zero attached hydrogens (tertiary/aromatic N) is 3. The van der Waals surface area contributed by atoms with Gasteiger partial charge in [0.05, 0.1) is 29.4 Å². The Morgan fingerprint density at radius 3 is 2.44 bits per heavy atom. The Kier molecular flexibility index (Phi) is 5.43. The summed E-state index contributed by atoms with van der Waals surface area (Å²) in [5.74, 6) is -1.58. The third-order valence-electron chi connectivity index (χ3n) is 5.95. The summed E-state index contributed by atoms with van der Waals surface area (Å²) in [5, 5.41) is 13.4. The van der Waals surface area contributed by atoms with Crippen molar-refractivity contribution in [3.8, 4) is 5.75 Å². The van der Waals surface area contributed by atoms with Gasteiger partial charge in [-0.05, 0) is 42.0 Å². The zero-order valence-corrected chi connectivity index (χ0v) is 18.6. The first-order valence-corrected chi connectivity index (χ1v) is 10.8. The van der Waals surface area contributed by atoms with Crippen LogP contribution in [0.2, 0.25) is 5.02 Å². The van der Waals surface area contributed by atoms with Crippen LogP contribution in [0.4, 0.5) is 17.1 Å². The third-order valence-corrected chi connectivity index (χ3v) is 6.20. The van der Waals surface area contributed by atoms with E-state index in [4.69, 9.17) is 21.2 Å². The maximum Gasteiger partial charge on any atom is 0.269 e. The summed E-state index contributed by atoms with van der Waals surface area (Å²) in [6.07, 6.45) is -1.11. The van der Waals surface area contributed by atoms with E-state index in [-0.39, 0.29) is 5.69 Å². The molecule has 0 aromatic heterocycles. The number of benzene rings is 3. The number of amides is 2. The van der Waals surface area contributed by atoms with Crippen molar-refractivity contribution >= 4 is 40.5 Å². The van der Waals surface area contributed by atoms with Crippen molar-refractivity contribution in [2.75, 3.05) is 17.1 Å². The number of halogens is 1. The maximum absolute atomic E-state index is 13.7. The Labute approximate surface area is 199 Å². The van der Waals surface area contributed by atoms with Crippen molar-refractivity contribution < 1.29 is 24.1 Å². The minimum Gasteiger partial charge on any atom is -0.495 e. The summed E-state index contributed by atoms with van der Waals surface area (Å²) in [7, 11) is 1.45. The number of para-hydroxylation sites is 2. The lowest BCUT2D eigenvalue weighted by atomic mass is 9.90. The number of nitro benzene ring substituents is 1. The molecule has 0 saturated carbocycles. The summed E-state index contributed by atoms with van der Waals surface area (Å²) in [4.78, 5) is 45.1. The van der Waals surface area contributed by atoms with E-state index in [1.165, 1.54) is 24.3 Å². The number of hydrogen-bond donors (Lipinski definition) is 0. The van der Waals surface area contributed by atoms with Gasteiger partial charge in [-0.15, -0.1) is 0 Å². The van der Waals surface area contributed by atoms with Crippen LogP contribution in [0.15, 0.2) is 72.8 Å². The first-order chi connectivity index (χ1) is 16.4. The molecular weight excluding hydrogens is 462 g/mol. The van der Waals surface area contributed by atoms with Gasteiger partial charge in [-0.2, -0.15) is 0 Å². The molecular formula is C24H18ClN3O6. The number of anilines is 2. The summed E-state index contributed by atoms with van der Waals surface area (Å²) >= 11 is 6.02. The number of hydrogen-bond acceptors (Lipinski definition) is 7. The van der Waals surface area contributed by atoms with Gasteiger partial charge in [-0.3, -0.25) is 24.5 Å². The van der Waals surface area contributed by atoms with Crippen LogP contribution in [0.3, 0.4) is 0 Å². The fraction of sp³-hybridized carbons (Fsp3) is 0.167. The lowest BCUT2D eigenvalue weighted by molar-refractivity contribution is -0.384. The van der Waals surface area contributed by atoms with E-state index in [9.17, 15) is 19.7 Å². The molecule has 2 amide bonds. The lowest BCUT2D eigenvalue weighted by Crippen LogP contribution is -2.37. The van der Waals surface area contributed by atoms with E-state index < -0.39 is 34.8 Å². The minimum absolute atomic E-state index is 0.129. The molecule has 0 bridgehead atoms. The monoisotopic (exact) mass is 479 g/mol. The molecule has 2 fully saturated rings. The zero-order chi connectivity index (χ0) is 24.0. The number of fused-ring (bicyclic) bond motifs is 1. The van der Waals surface area contributed by atoms with Crippen LogP contribution in [-0.4, -0.2) is 30.0 Å². The standard InChI is InChI=1S/C24H18ClN3O6/c1-33-19-8-3-2-7-18(19)26-23(29)20-21(14-5-4-6-17(13-14)28(31)32)27(34-22(20)24(26)30)16-11-9-15(25)10-12-16/h2-13,20-22H,1H3. The molecule has 3 unspecified atom stereocenters. The quantitative estimate of drug-likeness (QED) is 0.305. The summed E-state index contributed by atoms with van der Waals surface area (Å²) in [5.41, 5.74) is 1.21.